The Bertz CT molecular complexity index is 761. The zero-order valence-corrected chi connectivity index (χ0v) is 12.7. The summed E-state index contributed by atoms with van der Waals surface area (Å²) in [4.78, 5) is 4.56. The predicted molar refractivity (Wildman–Crippen MR) is 85.5 cm³/mol. The second-order valence-electron chi connectivity index (χ2n) is 5.31. The molecule has 0 bridgehead atoms. The van der Waals surface area contributed by atoms with Gasteiger partial charge in [0.2, 0.25) is 0 Å². The van der Waals surface area contributed by atoms with E-state index in [1.165, 1.54) is 11.1 Å². The Balaban J connectivity index is 2.09. The summed E-state index contributed by atoms with van der Waals surface area (Å²) in [5.74, 6) is 0.909. The molecule has 3 nitrogen and oxygen atoms in total. The smallest absolute Gasteiger partial charge is 0.134 e. The van der Waals surface area contributed by atoms with Crippen molar-refractivity contribution < 1.29 is 4.42 Å². The van der Waals surface area contributed by atoms with Crippen molar-refractivity contribution in [2.45, 2.75) is 26.3 Å². The molecular formula is C18H20N2O. The number of furan rings is 1. The molecule has 108 valence electrons. The maximum absolute atomic E-state index is 6.03. The molecule has 1 N–H and O–H groups in total. The fourth-order valence-electron chi connectivity index (χ4n) is 2.75. The molecule has 0 aliphatic carbocycles. The molecule has 0 amide bonds. The maximum Gasteiger partial charge on any atom is 0.134 e. The van der Waals surface area contributed by atoms with Crippen LogP contribution in [0.5, 0.6) is 0 Å². The van der Waals surface area contributed by atoms with E-state index in [0.29, 0.717) is 0 Å². The molecule has 1 aromatic carbocycles. The summed E-state index contributed by atoms with van der Waals surface area (Å²) in [7, 11) is 1.94. The minimum Gasteiger partial charge on any atom is -0.459 e. The first-order chi connectivity index (χ1) is 10.2. The predicted octanol–water partition coefficient (Wildman–Crippen LogP) is 4.01. The average Bonchev–Trinajstić information content (AvgIpc) is 2.91. The third kappa shape index (κ3) is 2.57. The summed E-state index contributed by atoms with van der Waals surface area (Å²) < 4.78 is 6.03. The Morgan fingerprint density at radius 3 is 2.86 bits per heavy atom. The van der Waals surface area contributed by atoms with E-state index in [1.807, 2.05) is 25.4 Å². The van der Waals surface area contributed by atoms with E-state index < -0.39 is 0 Å². The van der Waals surface area contributed by atoms with Gasteiger partial charge < -0.3 is 9.73 Å². The van der Waals surface area contributed by atoms with Crippen LogP contribution in [-0.4, -0.2) is 12.0 Å². The van der Waals surface area contributed by atoms with Crippen LogP contribution in [0, 0.1) is 6.92 Å². The van der Waals surface area contributed by atoms with Gasteiger partial charge in [-0.25, -0.2) is 0 Å². The van der Waals surface area contributed by atoms with E-state index in [2.05, 4.69) is 48.4 Å². The molecule has 21 heavy (non-hydrogen) atoms. The first-order valence-electron chi connectivity index (χ1n) is 7.34. The molecule has 2 heterocycles. The van der Waals surface area contributed by atoms with Gasteiger partial charge in [0, 0.05) is 11.6 Å². The van der Waals surface area contributed by atoms with E-state index in [4.69, 9.17) is 4.42 Å². The fraction of sp³-hybridized carbons (Fsp3) is 0.278. The largest absolute Gasteiger partial charge is 0.459 e. The van der Waals surface area contributed by atoms with Crippen LogP contribution in [0.15, 0.2) is 47.0 Å². The van der Waals surface area contributed by atoms with E-state index in [-0.39, 0.29) is 6.04 Å². The number of aryl methyl sites for hydroxylation is 2. The molecule has 0 saturated carbocycles. The van der Waals surface area contributed by atoms with Gasteiger partial charge in [-0.3, -0.25) is 4.98 Å². The molecule has 0 fully saturated rings. The summed E-state index contributed by atoms with van der Waals surface area (Å²) in [5, 5.41) is 4.47. The van der Waals surface area contributed by atoms with Gasteiger partial charge in [0.05, 0.1) is 5.69 Å². The minimum absolute atomic E-state index is 0.0196. The number of pyridine rings is 1. The molecule has 0 aliphatic heterocycles. The van der Waals surface area contributed by atoms with Gasteiger partial charge in [0.25, 0.3) is 0 Å². The monoisotopic (exact) mass is 280 g/mol. The highest BCUT2D eigenvalue weighted by Crippen LogP contribution is 2.29. The lowest BCUT2D eigenvalue weighted by molar-refractivity contribution is 0.484. The highest BCUT2D eigenvalue weighted by molar-refractivity contribution is 5.78. The van der Waals surface area contributed by atoms with Crippen LogP contribution in [0.1, 0.15) is 35.5 Å². The van der Waals surface area contributed by atoms with Crippen molar-refractivity contribution in [1.82, 2.24) is 10.3 Å². The summed E-state index contributed by atoms with van der Waals surface area (Å²) >= 11 is 0. The van der Waals surface area contributed by atoms with Crippen LogP contribution >= 0.6 is 0 Å². The van der Waals surface area contributed by atoms with Gasteiger partial charge in [-0.2, -0.15) is 0 Å². The first-order valence-corrected chi connectivity index (χ1v) is 7.34. The Kier molecular flexibility index (Phi) is 3.76. The van der Waals surface area contributed by atoms with E-state index >= 15 is 0 Å². The van der Waals surface area contributed by atoms with Crippen molar-refractivity contribution in [3.8, 4) is 0 Å². The lowest BCUT2D eigenvalue weighted by Crippen LogP contribution is -2.19. The van der Waals surface area contributed by atoms with Crippen LogP contribution in [0.3, 0.4) is 0 Å². The molecule has 0 saturated heterocycles. The summed E-state index contributed by atoms with van der Waals surface area (Å²) in [5.41, 5.74) is 4.44. The Morgan fingerprint density at radius 2 is 2.10 bits per heavy atom. The number of fused-ring (bicyclic) bond motifs is 1. The van der Waals surface area contributed by atoms with Gasteiger partial charge in [-0.1, -0.05) is 24.6 Å². The van der Waals surface area contributed by atoms with Crippen LogP contribution < -0.4 is 5.32 Å². The molecular weight excluding hydrogens is 260 g/mol. The Morgan fingerprint density at radius 1 is 1.24 bits per heavy atom. The summed E-state index contributed by atoms with van der Waals surface area (Å²) in [6.07, 6.45) is 2.80. The number of rotatable bonds is 4. The van der Waals surface area contributed by atoms with Crippen LogP contribution in [0.2, 0.25) is 0 Å². The number of aromatic nitrogens is 1. The molecule has 0 radical (unpaired) electrons. The maximum atomic E-state index is 6.03. The van der Waals surface area contributed by atoms with E-state index in [0.717, 1.165) is 28.8 Å². The van der Waals surface area contributed by atoms with Crippen LogP contribution in [0.4, 0.5) is 0 Å². The van der Waals surface area contributed by atoms with Crippen molar-refractivity contribution >= 4 is 11.0 Å². The molecule has 1 unspecified atom stereocenters. The van der Waals surface area contributed by atoms with Crippen molar-refractivity contribution in [3.05, 3.63) is 65.2 Å². The second-order valence-corrected chi connectivity index (χ2v) is 5.31. The molecule has 2 aromatic heterocycles. The lowest BCUT2D eigenvalue weighted by Gasteiger charge is -2.16. The van der Waals surface area contributed by atoms with Crippen molar-refractivity contribution in [2.75, 3.05) is 7.05 Å². The highest BCUT2D eigenvalue weighted by Gasteiger charge is 2.20. The zero-order chi connectivity index (χ0) is 14.8. The molecule has 0 spiro atoms. The number of nitrogens with zero attached hydrogens (tertiary/aromatic N) is 1. The van der Waals surface area contributed by atoms with Gasteiger partial charge >= 0.3 is 0 Å². The fourth-order valence-corrected chi connectivity index (χ4v) is 2.75. The summed E-state index contributed by atoms with van der Waals surface area (Å²) in [6.45, 7) is 4.24. The third-order valence-electron chi connectivity index (χ3n) is 3.84. The molecule has 0 aliphatic rings. The molecule has 3 heteroatoms. The molecule has 3 aromatic rings. The Labute approximate surface area is 125 Å². The van der Waals surface area contributed by atoms with E-state index in [9.17, 15) is 0 Å². The quantitative estimate of drug-likeness (QED) is 0.784. The lowest BCUT2D eigenvalue weighted by atomic mass is 10.0. The zero-order valence-electron chi connectivity index (χ0n) is 12.7. The normalized spacial score (nSPS) is 12.7. The first kappa shape index (κ1) is 13.8. The SMILES string of the molecule is CCc1cccnc1C(NC)c1cc2cc(C)ccc2o1. The minimum atomic E-state index is -0.0196. The topological polar surface area (TPSA) is 38.1 Å². The number of hydrogen-bond donors (Lipinski definition) is 1. The van der Waals surface area contributed by atoms with Crippen molar-refractivity contribution in [3.63, 3.8) is 0 Å². The number of nitrogens with one attached hydrogen (secondary N) is 1. The van der Waals surface area contributed by atoms with Crippen molar-refractivity contribution in [2.24, 2.45) is 0 Å². The molecule has 1 atom stereocenters. The summed E-state index contributed by atoms with van der Waals surface area (Å²) in [6, 6.07) is 12.4. The third-order valence-corrected chi connectivity index (χ3v) is 3.84. The van der Waals surface area contributed by atoms with E-state index in [1.54, 1.807) is 0 Å². The van der Waals surface area contributed by atoms with Gasteiger partial charge in [0.1, 0.15) is 17.4 Å². The Hall–Kier alpha value is -2.13. The van der Waals surface area contributed by atoms with Gasteiger partial charge in [-0.05, 0) is 50.2 Å². The van der Waals surface area contributed by atoms with Crippen LogP contribution in [0.25, 0.3) is 11.0 Å². The van der Waals surface area contributed by atoms with Crippen LogP contribution in [-0.2, 0) is 6.42 Å². The molecule has 3 rings (SSSR count). The number of hydrogen-bond acceptors (Lipinski definition) is 3. The van der Waals surface area contributed by atoms with Crippen molar-refractivity contribution in [1.29, 1.82) is 0 Å². The van der Waals surface area contributed by atoms with Gasteiger partial charge in [-0.15, -0.1) is 0 Å². The standard InChI is InChI=1S/C18H20N2O/c1-4-13-6-5-9-20-17(13)18(19-3)16-11-14-10-12(2)7-8-15(14)21-16/h5-11,18-19H,4H2,1-3H3. The second kappa shape index (κ2) is 5.70. The van der Waals surface area contributed by atoms with Gasteiger partial charge in [0.15, 0.2) is 0 Å². The highest BCUT2D eigenvalue weighted by atomic mass is 16.3. The number of benzene rings is 1. The average molecular weight is 280 g/mol.